The Kier molecular flexibility index (Phi) is 3.52. The van der Waals surface area contributed by atoms with Gasteiger partial charge in [0, 0.05) is 12.5 Å². The molecule has 0 aromatic carbocycles. The van der Waals surface area contributed by atoms with Crippen LogP contribution in [-0.4, -0.2) is 27.7 Å². The zero-order valence-corrected chi connectivity index (χ0v) is 11.5. The van der Waals surface area contributed by atoms with Crippen molar-refractivity contribution in [2.24, 2.45) is 5.92 Å². The second kappa shape index (κ2) is 5.30. The van der Waals surface area contributed by atoms with Gasteiger partial charge in [0.05, 0.1) is 11.5 Å². The molecule has 2 aromatic rings. The molecule has 1 aliphatic rings. The molecule has 2 atom stereocenters. The smallest absolute Gasteiger partial charge is 0.223 e. The standard InChI is InChI=1S/C13H18N4OS/c14-13-16-11(9-5-6-19-12(9)17-13)15-7-8-3-1-2-4-10(8)18/h5-6,8,10,18H,1-4,7H2,(H3,14,15,16,17). The highest BCUT2D eigenvalue weighted by molar-refractivity contribution is 7.16. The predicted octanol–water partition coefficient (Wildman–Crippen LogP) is 2.24. The number of thiophene rings is 1. The molecule has 1 fully saturated rings. The number of rotatable bonds is 3. The summed E-state index contributed by atoms with van der Waals surface area (Å²) in [6, 6.07) is 2.00. The highest BCUT2D eigenvalue weighted by Crippen LogP contribution is 2.28. The molecule has 0 amide bonds. The Balaban J connectivity index is 1.75. The lowest BCUT2D eigenvalue weighted by atomic mass is 9.86. The first-order chi connectivity index (χ1) is 9.24. The van der Waals surface area contributed by atoms with Crippen molar-refractivity contribution in [3.8, 4) is 0 Å². The number of aliphatic hydroxyl groups is 1. The summed E-state index contributed by atoms with van der Waals surface area (Å²) in [6.07, 6.45) is 4.11. The molecule has 2 unspecified atom stereocenters. The quantitative estimate of drug-likeness (QED) is 0.802. The Morgan fingerprint density at radius 3 is 3.05 bits per heavy atom. The molecule has 19 heavy (non-hydrogen) atoms. The van der Waals surface area contributed by atoms with Crippen LogP contribution in [-0.2, 0) is 0 Å². The van der Waals surface area contributed by atoms with Gasteiger partial charge in [0.2, 0.25) is 5.95 Å². The number of fused-ring (bicyclic) bond motifs is 1. The fourth-order valence-corrected chi connectivity index (χ4v) is 3.43. The second-order valence-electron chi connectivity index (χ2n) is 5.06. The number of aromatic nitrogens is 2. The minimum atomic E-state index is -0.196. The fraction of sp³-hybridized carbons (Fsp3) is 0.538. The number of aliphatic hydroxyl groups excluding tert-OH is 1. The Morgan fingerprint density at radius 2 is 2.21 bits per heavy atom. The maximum Gasteiger partial charge on any atom is 0.223 e. The number of nitrogens with two attached hydrogens (primary N) is 1. The topological polar surface area (TPSA) is 84.1 Å². The van der Waals surface area contributed by atoms with Crippen molar-refractivity contribution >= 4 is 33.3 Å². The van der Waals surface area contributed by atoms with Gasteiger partial charge in [-0.1, -0.05) is 12.8 Å². The monoisotopic (exact) mass is 278 g/mol. The van der Waals surface area contributed by atoms with E-state index in [-0.39, 0.29) is 6.10 Å². The van der Waals surface area contributed by atoms with E-state index in [1.807, 2.05) is 11.4 Å². The molecule has 2 aromatic heterocycles. The van der Waals surface area contributed by atoms with Crippen molar-refractivity contribution in [1.29, 1.82) is 0 Å². The van der Waals surface area contributed by atoms with Crippen molar-refractivity contribution in [1.82, 2.24) is 9.97 Å². The lowest BCUT2D eigenvalue weighted by molar-refractivity contribution is 0.0763. The zero-order valence-electron chi connectivity index (χ0n) is 10.7. The minimum absolute atomic E-state index is 0.196. The highest BCUT2D eigenvalue weighted by atomic mass is 32.1. The first-order valence-corrected chi connectivity index (χ1v) is 7.54. The van der Waals surface area contributed by atoms with E-state index in [0.29, 0.717) is 11.9 Å². The number of hydrogen-bond acceptors (Lipinski definition) is 6. The van der Waals surface area contributed by atoms with Gasteiger partial charge in [-0.2, -0.15) is 4.98 Å². The van der Waals surface area contributed by atoms with Crippen molar-refractivity contribution in [2.75, 3.05) is 17.6 Å². The van der Waals surface area contributed by atoms with Crippen molar-refractivity contribution < 1.29 is 5.11 Å². The summed E-state index contributed by atoms with van der Waals surface area (Å²) < 4.78 is 0. The van der Waals surface area contributed by atoms with Crippen LogP contribution >= 0.6 is 11.3 Å². The lowest BCUT2D eigenvalue weighted by Gasteiger charge is -2.27. The Labute approximate surface area is 115 Å². The molecule has 2 heterocycles. The van der Waals surface area contributed by atoms with E-state index in [2.05, 4.69) is 15.3 Å². The third-order valence-corrected chi connectivity index (χ3v) is 4.55. The maximum atomic E-state index is 9.98. The van der Waals surface area contributed by atoms with Gasteiger partial charge in [0.1, 0.15) is 10.6 Å². The highest BCUT2D eigenvalue weighted by Gasteiger charge is 2.23. The van der Waals surface area contributed by atoms with E-state index >= 15 is 0 Å². The van der Waals surface area contributed by atoms with Crippen LogP contribution in [0.3, 0.4) is 0 Å². The number of anilines is 2. The largest absolute Gasteiger partial charge is 0.393 e. The van der Waals surface area contributed by atoms with E-state index in [1.165, 1.54) is 6.42 Å². The molecule has 0 saturated heterocycles. The SMILES string of the molecule is Nc1nc(NCC2CCCCC2O)c2ccsc2n1. The number of nitrogens with zero attached hydrogens (tertiary/aromatic N) is 2. The maximum absolute atomic E-state index is 9.98. The van der Waals surface area contributed by atoms with E-state index in [0.717, 1.165) is 41.8 Å². The zero-order chi connectivity index (χ0) is 13.2. The van der Waals surface area contributed by atoms with E-state index in [1.54, 1.807) is 11.3 Å². The molecule has 6 heteroatoms. The summed E-state index contributed by atoms with van der Waals surface area (Å²) in [4.78, 5) is 9.37. The first-order valence-electron chi connectivity index (χ1n) is 6.66. The van der Waals surface area contributed by atoms with Crippen molar-refractivity contribution in [3.63, 3.8) is 0 Å². The molecule has 0 bridgehead atoms. The average molecular weight is 278 g/mol. The molecule has 4 N–H and O–H groups in total. The van der Waals surface area contributed by atoms with Crippen LogP contribution in [0.2, 0.25) is 0 Å². The van der Waals surface area contributed by atoms with Gasteiger partial charge in [-0.05, 0) is 24.3 Å². The van der Waals surface area contributed by atoms with Gasteiger partial charge >= 0.3 is 0 Å². The van der Waals surface area contributed by atoms with Gasteiger partial charge in [-0.25, -0.2) is 4.98 Å². The molecule has 0 radical (unpaired) electrons. The first kappa shape index (κ1) is 12.6. The van der Waals surface area contributed by atoms with E-state index in [9.17, 15) is 5.11 Å². The van der Waals surface area contributed by atoms with Crippen LogP contribution in [0.1, 0.15) is 25.7 Å². The summed E-state index contributed by atoms with van der Waals surface area (Å²) >= 11 is 1.56. The Morgan fingerprint density at radius 1 is 1.37 bits per heavy atom. The summed E-state index contributed by atoms with van der Waals surface area (Å²) in [6.45, 7) is 0.739. The van der Waals surface area contributed by atoms with Gasteiger partial charge < -0.3 is 16.2 Å². The number of hydrogen-bond donors (Lipinski definition) is 3. The normalized spacial score (nSPS) is 23.6. The Hall–Kier alpha value is -1.40. The van der Waals surface area contributed by atoms with E-state index in [4.69, 9.17) is 5.73 Å². The molecule has 1 saturated carbocycles. The molecule has 0 spiro atoms. The van der Waals surface area contributed by atoms with Crippen LogP contribution < -0.4 is 11.1 Å². The van der Waals surface area contributed by atoms with E-state index < -0.39 is 0 Å². The summed E-state index contributed by atoms with van der Waals surface area (Å²) in [7, 11) is 0. The summed E-state index contributed by atoms with van der Waals surface area (Å²) in [5.41, 5.74) is 5.71. The average Bonchev–Trinajstić information content (AvgIpc) is 2.85. The van der Waals surface area contributed by atoms with Crippen molar-refractivity contribution in [2.45, 2.75) is 31.8 Å². The third-order valence-electron chi connectivity index (χ3n) is 3.74. The molecular weight excluding hydrogens is 260 g/mol. The van der Waals surface area contributed by atoms with Crippen LogP contribution in [0.15, 0.2) is 11.4 Å². The molecular formula is C13H18N4OS. The van der Waals surface area contributed by atoms with Crippen molar-refractivity contribution in [3.05, 3.63) is 11.4 Å². The molecule has 3 rings (SSSR count). The second-order valence-corrected chi connectivity index (χ2v) is 5.96. The number of nitrogens with one attached hydrogen (secondary N) is 1. The molecule has 5 nitrogen and oxygen atoms in total. The van der Waals surface area contributed by atoms with Crippen LogP contribution in [0.5, 0.6) is 0 Å². The summed E-state index contributed by atoms with van der Waals surface area (Å²) in [5, 5.41) is 16.3. The Bertz CT molecular complexity index is 571. The molecule has 102 valence electrons. The van der Waals surface area contributed by atoms with Gasteiger partial charge in [-0.3, -0.25) is 0 Å². The minimum Gasteiger partial charge on any atom is -0.393 e. The van der Waals surface area contributed by atoms with Gasteiger partial charge in [-0.15, -0.1) is 11.3 Å². The fourth-order valence-electron chi connectivity index (χ4n) is 2.66. The van der Waals surface area contributed by atoms with Crippen LogP contribution in [0.4, 0.5) is 11.8 Å². The van der Waals surface area contributed by atoms with Gasteiger partial charge in [0.15, 0.2) is 0 Å². The summed E-state index contributed by atoms with van der Waals surface area (Å²) in [5.74, 6) is 1.38. The number of nitrogen functional groups attached to an aromatic ring is 1. The third kappa shape index (κ3) is 2.64. The lowest BCUT2D eigenvalue weighted by Crippen LogP contribution is -2.30. The predicted molar refractivity (Wildman–Crippen MR) is 78.3 cm³/mol. The van der Waals surface area contributed by atoms with Gasteiger partial charge in [0.25, 0.3) is 0 Å². The van der Waals surface area contributed by atoms with Crippen LogP contribution in [0.25, 0.3) is 10.2 Å². The molecule has 1 aliphatic carbocycles. The van der Waals surface area contributed by atoms with Crippen LogP contribution in [0, 0.1) is 5.92 Å². The molecule has 0 aliphatic heterocycles.